The van der Waals surface area contributed by atoms with E-state index in [1.807, 2.05) is 0 Å². The molecule has 1 atom stereocenters. The predicted octanol–water partition coefficient (Wildman–Crippen LogP) is 0.837. The van der Waals surface area contributed by atoms with Crippen molar-refractivity contribution in [2.75, 3.05) is 6.61 Å². The van der Waals surface area contributed by atoms with E-state index in [0.717, 1.165) is 0 Å². The molecular weight excluding hydrogens is 186 g/mol. The number of ether oxygens (including phenoxy) is 1. The van der Waals surface area contributed by atoms with E-state index in [1.54, 1.807) is 13.0 Å². The molecule has 0 radical (unpaired) electrons. The summed E-state index contributed by atoms with van der Waals surface area (Å²) in [5.74, 6) is -0.406. The van der Waals surface area contributed by atoms with E-state index >= 15 is 0 Å². The first-order chi connectivity index (χ1) is 4.18. The third-order valence-corrected chi connectivity index (χ3v) is 0.978. The van der Waals surface area contributed by atoms with Crippen molar-refractivity contribution in [1.29, 1.82) is 5.26 Å². The first-order valence-corrected chi connectivity index (χ1v) is 3.27. The van der Waals surface area contributed by atoms with E-state index in [9.17, 15) is 4.79 Å². The van der Waals surface area contributed by atoms with Crippen molar-refractivity contribution in [3.05, 3.63) is 0 Å². The molecule has 9 heavy (non-hydrogen) atoms. The van der Waals surface area contributed by atoms with E-state index in [4.69, 9.17) is 5.26 Å². The summed E-state index contributed by atoms with van der Waals surface area (Å²) in [7, 11) is 0. The number of hydrogen-bond donors (Lipinski definition) is 0. The lowest BCUT2D eigenvalue weighted by molar-refractivity contribution is -0.141. The largest absolute Gasteiger partial charge is 0.449 e. The van der Waals surface area contributed by atoms with Gasteiger partial charge in [-0.05, 0) is 6.92 Å². The molecule has 0 saturated heterocycles. The Morgan fingerprint density at radius 1 is 2.00 bits per heavy atom. The van der Waals surface area contributed by atoms with Crippen molar-refractivity contribution >= 4 is 21.9 Å². The Morgan fingerprint density at radius 2 is 2.56 bits per heavy atom. The average molecular weight is 192 g/mol. The molecular formula is C5H6BrNO2. The molecule has 1 unspecified atom stereocenters. The second-order valence-corrected chi connectivity index (χ2v) is 2.76. The van der Waals surface area contributed by atoms with E-state index in [0.29, 0.717) is 0 Å². The van der Waals surface area contributed by atoms with Gasteiger partial charge in [0, 0.05) is 0 Å². The molecule has 0 spiro atoms. The molecule has 0 aromatic heterocycles. The lowest BCUT2D eigenvalue weighted by Crippen LogP contribution is -2.13. The van der Waals surface area contributed by atoms with Gasteiger partial charge >= 0.3 is 5.97 Å². The fourth-order valence-corrected chi connectivity index (χ4v) is 0.350. The Labute approximate surface area is 61.7 Å². The molecule has 50 valence electrons. The molecule has 0 heterocycles. The fraction of sp³-hybridized carbons (Fsp3) is 0.600. The quantitative estimate of drug-likeness (QED) is 0.481. The minimum absolute atomic E-state index is 0.172. The number of esters is 1. The zero-order valence-electron chi connectivity index (χ0n) is 4.93. The Balaban J connectivity index is 3.42. The maximum Gasteiger partial charge on any atom is 0.320 e. The maximum atomic E-state index is 10.5. The molecule has 0 rings (SSSR count). The van der Waals surface area contributed by atoms with Crippen LogP contribution < -0.4 is 0 Å². The Bertz CT molecular complexity index is 138. The van der Waals surface area contributed by atoms with Crippen molar-refractivity contribution in [3.63, 3.8) is 0 Å². The van der Waals surface area contributed by atoms with Crippen molar-refractivity contribution in [3.8, 4) is 6.07 Å². The first-order valence-electron chi connectivity index (χ1n) is 2.36. The zero-order chi connectivity index (χ0) is 7.28. The molecule has 0 saturated carbocycles. The normalized spacial score (nSPS) is 11.7. The third kappa shape index (κ3) is 3.98. The predicted molar refractivity (Wildman–Crippen MR) is 35.0 cm³/mol. The molecule has 0 aliphatic carbocycles. The topological polar surface area (TPSA) is 50.1 Å². The van der Waals surface area contributed by atoms with Crippen molar-refractivity contribution in [2.24, 2.45) is 0 Å². The fourth-order valence-electron chi connectivity index (χ4n) is 0.218. The van der Waals surface area contributed by atoms with Gasteiger partial charge in [-0.2, -0.15) is 5.26 Å². The average Bonchev–Trinajstić information content (AvgIpc) is 1.82. The van der Waals surface area contributed by atoms with Crippen LogP contribution in [0.5, 0.6) is 0 Å². The molecule has 4 heteroatoms. The van der Waals surface area contributed by atoms with Crippen LogP contribution in [0.3, 0.4) is 0 Å². The molecule has 0 bridgehead atoms. The lowest BCUT2D eigenvalue weighted by atomic mass is 10.5. The number of rotatable bonds is 2. The minimum atomic E-state index is -0.406. The summed E-state index contributed by atoms with van der Waals surface area (Å²) in [6.07, 6.45) is 0. The molecule has 0 aromatic rings. The molecule has 0 N–H and O–H groups in total. The van der Waals surface area contributed by atoms with Crippen molar-refractivity contribution in [1.82, 2.24) is 0 Å². The van der Waals surface area contributed by atoms with Gasteiger partial charge in [0.2, 0.25) is 0 Å². The monoisotopic (exact) mass is 191 g/mol. The zero-order valence-corrected chi connectivity index (χ0v) is 6.51. The summed E-state index contributed by atoms with van der Waals surface area (Å²) in [5.41, 5.74) is 0. The second kappa shape index (κ2) is 4.33. The number of hydrogen-bond acceptors (Lipinski definition) is 3. The molecule has 3 nitrogen and oxygen atoms in total. The van der Waals surface area contributed by atoms with E-state index < -0.39 is 5.97 Å². The molecule has 0 amide bonds. The highest BCUT2D eigenvalue weighted by atomic mass is 79.9. The van der Waals surface area contributed by atoms with Gasteiger partial charge in [0.1, 0.15) is 10.9 Å². The Kier molecular flexibility index (Phi) is 4.06. The van der Waals surface area contributed by atoms with Crippen LogP contribution in [-0.2, 0) is 9.53 Å². The highest BCUT2D eigenvalue weighted by Gasteiger charge is 2.08. The lowest BCUT2D eigenvalue weighted by Gasteiger charge is -1.99. The number of nitriles is 1. The molecule has 0 aromatic carbocycles. The minimum Gasteiger partial charge on any atom is -0.449 e. The summed E-state index contributed by atoms with van der Waals surface area (Å²) in [6.45, 7) is 1.47. The summed E-state index contributed by atoms with van der Waals surface area (Å²) >= 11 is 2.99. The molecule has 0 aliphatic rings. The highest BCUT2D eigenvalue weighted by molar-refractivity contribution is 9.10. The summed E-state index contributed by atoms with van der Waals surface area (Å²) < 4.78 is 4.41. The van der Waals surface area contributed by atoms with Crippen LogP contribution in [-0.4, -0.2) is 17.4 Å². The number of halogens is 1. The van der Waals surface area contributed by atoms with Crippen LogP contribution in [0.15, 0.2) is 0 Å². The van der Waals surface area contributed by atoms with Gasteiger partial charge in [0.05, 0.1) is 0 Å². The molecule has 0 aliphatic heterocycles. The van der Waals surface area contributed by atoms with Gasteiger partial charge in [-0.3, -0.25) is 4.79 Å². The van der Waals surface area contributed by atoms with Gasteiger partial charge in [-0.15, -0.1) is 0 Å². The third-order valence-electron chi connectivity index (χ3n) is 0.604. The van der Waals surface area contributed by atoms with E-state index in [2.05, 4.69) is 20.7 Å². The van der Waals surface area contributed by atoms with E-state index in [1.165, 1.54) is 0 Å². The van der Waals surface area contributed by atoms with Crippen LogP contribution in [0.4, 0.5) is 0 Å². The van der Waals surface area contributed by atoms with E-state index in [-0.39, 0.29) is 11.4 Å². The number of carbonyl (C=O) groups excluding carboxylic acids is 1. The second-order valence-electron chi connectivity index (χ2n) is 1.38. The van der Waals surface area contributed by atoms with Gasteiger partial charge in [-0.1, -0.05) is 15.9 Å². The Hall–Kier alpha value is -0.560. The van der Waals surface area contributed by atoms with Gasteiger partial charge in [0.25, 0.3) is 0 Å². The van der Waals surface area contributed by atoms with Crippen LogP contribution in [0.2, 0.25) is 0 Å². The number of nitrogens with zero attached hydrogens (tertiary/aromatic N) is 1. The van der Waals surface area contributed by atoms with Crippen LogP contribution in [0, 0.1) is 11.3 Å². The van der Waals surface area contributed by atoms with Crippen molar-refractivity contribution in [2.45, 2.75) is 11.8 Å². The summed E-state index contributed by atoms with van der Waals surface area (Å²) in [5, 5.41) is 7.95. The van der Waals surface area contributed by atoms with Gasteiger partial charge in [-0.25, -0.2) is 0 Å². The van der Waals surface area contributed by atoms with Crippen molar-refractivity contribution < 1.29 is 9.53 Å². The maximum absolute atomic E-state index is 10.5. The SMILES string of the molecule is CC(Br)C(=O)OCC#N. The van der Waals surface area contributed by atoms with Gasteiger partial charge in [0.15, 0.2) is 6.61 Å². The van der Waals surface area contributed by atoms with Gasteiger partial charge < -0.3 is 4.74 Å². The van der Waals surface area contributed by atoms with Crippen LogP contribution in [0.25, 0.3) is 0 Å². The Morgan fingerprint density at radius 3 is 2.89 bits per heavy atom. The molecule has 0 fully saturated rings. The van der Waals surface area contributed by atoms with Crippen LogP contribution in [0.1, 0.15) is 6.92 Å². The highest BCUT2D eigenvalue weighted by Crippen LogP contribution is 1.98. The number of alkyl halides is 1. The standard InChI is InChI=1S/C5H6BrNO2/c1-4(6)5(8)9-3-2-7/h4H,3H2,1H3. The first kappa shape index (κ1) is 8.44. The number of carbonyl (C=O) groups is 1. The summed E-state index contributed by atoms with van der Waals surface area (Å²) in [4.78, 5) is 10.2. The smallest absolute Gasteiger partial charge is 0.320 e. The summed E-state index contributed by atoms with van der Waals surface area (Å²) in [6, 6.07) is 1.69. The van der Waals surface area contributed by atoms with Crippen LogP contribution >= 0.6 is 15.9 Å².